The smallest absolute Gasteiger partial charge is 0.211 e. The highest BCUT2D eigenvalue weighted by atomic mass is 32.2. The highest BCUT2D eigenvalue weighted by molar-refractivity contribution is 7.89. The molecule has 0 aliphatic heterocycles. The standard InChI is InChI=1S/C15H24N6O2S/c1-10-19-13-14(20-10)17-9-18-15(13)21(3)12-6-4-11(5-7-12)8-24(22,23)16-2/h9,11-12,16H,4-8H2,1-3H3,(H,17,18,19,20). The summed E-state index contributed by atoms with van der Waals surface area (Å²) in [5.74, 6) is 2.12. The minimum Gasteiger partial charge on any atom is -0.355 e. The number of H-pyrrole nitrogens is 1. The summed E-state index contributed by atoms with van der Waals surface area (Å²) >= 11 is 0. The Morgan fingerprint density at radius 3 is 2.67 bits per heavy atom. The van der Waals surface area contributed by atoms with Crippen LogP contribution in [0.5, 0.6) is 0 Å². The average Bonchev–Trinajstić information content (AvgIpc) is 2.94. The van der Waals surface area contributed by atoms with Crippen molar-refractivity contribution in [1.29, 1.82) is 0 Å². The molecule has 1 saturated carbocycles. The SMILES string of the molecule is CNS(=O)(=O)CC1CCC(N(C)c2ncnc3nc(C)[nH]c23)CC1. The number of sulfonamides is 1. The van der Waals surface area contributed by atoms with Gasteiger partial charge in [-0.1, -0.05) is 0 Å². The summed E-state index contributed by atoms with van der Waals surface area (Å²) < 4.78 is 25.8. The van der Waals surface area contributed by atoms with E-state index in [0.29, 0.717) is 11.7 Å². The quantitative estimate of drug-likeness (QED) is 0.838. The average molecular weight is 352 g/mol. The van der Waals surface area contributed by atoms with Crippen LogP contribution in [0.4, 0.5) is 5.82 Å². The molecular weight excluding hydrogens is 328 g/mol. The van der Waals surface area contributed by atoms with E-state index < -0.39 is 10.0 Å². The molecular formula is C15H24N6O2S. The summed E-state index contributed by atoms with van der Waals surface area (Å²) in [5, 5.41) is 0. The third-order valence-corrected chi connectivity index (χ3v) is 6.38. The van der Waals surface area contributed by atoms with Crippen LogP contribution in [-0.2, 0) is 10.0 Å². The molecule has 3 rings (SSSR count). The molecule has 132 valence electrons. The van der Waals surface area contributed by atoms with Crippen LogP contribution < -0.4 is 9.62 Å². The predicted octanol–water partition coefficient (Wildman–Crippen LogP) is 1.21. The van der Waals surface area contributed by atoms with Gasteiger partial charge in [-0.05, 0) is 45.6 Å². The molecule has 2 aromatic rings. The Morgan fingerprint density at radius 2 is 2.00 bits per heavy atom. The van der Waals surface area contributed by atoms with Crippen LogP contribution in [0.1, 0.15) is 31.5 Å². The molecule has 1 aliphatic rings. The van der Waals surface area contributed by atoms with Gasteiger partial charge in [0.2, 0.25) is 10.0 Å². The molecule has 0 bridgehead atoms. The molecule has 1 aliphatic carbocycles. The number of nitrogens with zero attached hydrogens (tertiary/aromatic N) is 4. The largest absolute Gasteiger partial charge is 0.355 e. The first-order valence-corrected chi connectivity index (χ1v) is 9.86. The Kier molecular flexibility index (Phi) is 4.73. The first-order chi connectivity index (χ1) is 11.4. The van der Waals surface area contributed by atoms with Crippen LogP contribution in [-0.4, -0.2) is 54.2 Å². The Balaban J connectivity index is 1.70. The Morgan fingerprint density at radius 1 is 1.29 bits per heavy atom. The fourth-order valence-electron chi connectivity index (χ4n) is 3.46. The van der Waals surface area contributed by atoms with Crippen molar-refractivity contribution in [3.05, 3.63) is 12.2 Å². The number of imidazole rings is 1. The third kappa shape index (κ3) is 3.51. The van der Waals surface area contributed by atoms with Gasteiger partial charge in [0.05, 0.1) is 5.75 Å². The lowest BCUT2D eigenvalue weighted by Crippen LogP contribution is -2.38. The van der Waals surface area contributed by atoms with E-state index in [0.717, 1.165) is 42.8 Å². The summed E-state index contributed by atoms with van der Waals surface area (Å²) in [5.41, 5.74) is 1.54. The summed E-state index contributed by atoms with van der Waals surface area (Å²) in [6, 6.07) is 0.347. The number of aromatic amines is 1. The summed E-state index contributed by atoms with van der Waals surface area (Å²) in [6.45, 7) is 1.90. The zero-order chi connectivity index (χ0) is 17.3. The zero-order valence-corrected chi connectivity index (χ0v) is 15.1. The lowest BCUT2D eigenvalue weighted by atomic mass is 9.86. The molecule has 24 heavy (non-hydrogen) atoms. The van der Waals surface area contributed by atoms with Crippen LogP contribution in [0.15, 0.2) is 6.33 Å². The van der Waals surface area contributed by atoms with Crippen molar-refractivity contribution in [2.24, 2.45) is 5.92 Å². The summed E-state index contributed by atoms with van der Waals surface area (Å²) in [4.78, 5) is 18.4. The van der Waals surface area contributed by atoms with Crippen LogP contribution in [0.25, 0.3) is 11.2 Å². The molecule has 0 radical (unpaired) electrons. The minimum atomic E-state index is -3.13. The van der Waals surface area contributed by atoms with Crippen LogP contribution in [0.2, 0.25) is 0 Å². The maximum absolute atomic E-state index is 11.7. The molecule has 0 aromatic carbocycles. The van der Waals surface area contributed by atoms with E-state index in [4.69, 9.17) is 0 Å². The van der Waals surface area contributed by atoms with E-state index in [1.165, 1.54) is 7.05 Å². The van der Waals surface area contributed by atoms with Gasteiger partial charge in [-0.2, -0.15) is 0 Å². The van der Waals surface area contributed by atoms with Crippen molar-refractivity contribution in [2.45, 2.75) is 38.6 Å². The second-order valence-electron chi connectivity index (χ2n) is 6.49. The fourth-order valence-corrected chi connectivity index (χ4v) is 4.59. The number of aromatic nitrogens is 4. The van der Waals surface area contributed by atoms with Gasteiger partial charge in [-0.15, -0.1) is 0 Å². The van der Waals surface area contributed by atoms with Crippen LogP contribution >= 0.6 is 0 Å². The van der Waals surface area contributed by atoms with E-state index >= 15 is 0 Å². The van der Waals surface area contributed by atoms with Crippen molar-refractivity contribution in [3.8, 4) is 0 Å². The molecule has 9 heteroatoms. The van der Waals surface area contributed by atoms with Gasteiger partial charge in [-0.25, -0.2) is 28.1 Å². The molecule has 2 heterocycles. The molecule has 0 amide bonds. The van der Waals surface area contributed by atoms with Gasteiger partial charge in [0.1, 0.15) is 17.7 Å². The fraction of sp³-hybridized carbons (Fsp3) is 0.667. The summed E-state index contributed by atoms with van der Waals surface area (Å²) in [6.07, 6.45) is 5.27. The normalized spacial score (nSPS) is 22.0. The maximum Gasteiger partial charge on any atom is 0.211 e. The molecule has 0 unspecified atom stereocenters. The Hall–Kier alpha value is -1.74. The highest BCUT2D eigenvalue weighted by Gasteiger charge is 2.28. The van der Waals surface area contributed by atoms with E-state index in [2.05, 4.69) is 29.6 Å². The summed E-state index contributed by atoms with van der Waals surface area (Å²) in [7, 11) is 0.376. The molecule has 0 saturated heterocycles. The minimum absolute atomic E-state index is 0.220. The molecule has 0 spiro atoms. The maximum atomic E-state index is 11.7. The second-order valence-corrected chi connectivity index (χ2v) is 8.46. The molecule has 0 atom stereocenters. The van der Waals surface area contributed by atoms with Gasteiger partial charge in [-0.3, -0.25) is 0 Å². The number of anilines is 1. The van der Waals surface area contributed by atoms with E-state index in [1.807, 2.05) is 14.0 Å². The number of fused-ring (bicyclic) bond motifs is 1. The monoisotopic (exact) mass is 352 g/mol. The van der Waals surface area contributed by atoms with E-state index in [1.54, 1.807) is 6.33 Å². The second kappa shape index (κ2) is 6.64. The van der Waals surface area contributed by atoms with Crippen molar-refractivity contribution in [3.63, 3.8) is 0 Å². The van der Waals surface area contributed by atoms with Gasteiger partial charge in [0, 0.05) is 13.1 Å². The topological polar surface area (TPSA) is 104 Å². The Bertz CT molecular complexity index is 810. The predicted molar refractivity (Wildman–Crippen MR) is 93.4 cm³/mol. The Labute approximate surface area is 142 Å². The lowest BCUT2D eigenvalue weighted by molar-refractivity contribution is 0.340. The van der Waals surface area contributed by atoms with E-state index in [9.17, 15) is 8.42 Å². The number of rotatable bonds is 5. The van der Waals surface area contributed by atoms with Crippen molar-refractivity contribution in [1.82, 2.24) is 24.7 Å². The molecule has 1 fully saturated rings. The van der Waals surface area contributed by atoms with Crippen molar-refractivity contribution >= 4 is 27.0 Å². The number of hydrogen-bond acceptors (Lipinski definition) is 6. The van der Waals surface area contributed by atoms with Crippen molar-refractivity contribution in [2.75, 3.05) is 24.7 Å². The molecule has 2 aromatic heterocycles. The van der Waals surface area contributed by atoms with Gasteiger partial charge < -0.3 is 9.88 Å². The lowest BCUT2D eigenvalue weighted by Gasteiger charge is -2.35. The first-order valence-electron chi connectivity index (χ1n) is 8.21. The van der Waals surface area contributed by atoms with Crippen LogP contribution in [0, 0.1) is 12.8 Å². The van der Waals surface area contributed by atoms with Gasteiger partial charge in [0.15, 0.2) is 11.5 Å². The van der Waals surface area contributed by atoms with Crippen molar-refractivity contribution < 1.29 is 8.42 Å². The van der Waals surface area contributed by atoms with Gasteiger partial charge in [0.25, 0.3) is 0 Å². The molecule has 8 nitrogen and oxygen atoms in total. The number of hydrogen-bond donors (Lipinski definition) is 2. The van der Waals surface area contributed by atoms with Gasteiger partial charge >= 0.3 is 0 Å². The zero-order valence-electron chi connectivity index (χ0n) is 14.3. The third-order valence-electron chi connectivity index (χ3n) is 4.85. The number of nitrogens with one attached hydrogen (secondary N) is 2. The number of aryl methyl sites for hydroxylation is 1. The highest BCUT2D eigenvalue weighted by Crippen LogP contribution is 2.31. The molecule has 2 N–H and O–H groups in total. The first kappa shape index (κ1) is 17.1. The van der Waals surface area contributed by atoms with Crippen LogP contribution in [0.3, 0.4) is 0 Å². The van der Waals surface area contributed by atoms with E-state index in [-0.39, 0.29) is 11.7 Å².